The van der Waals surface area contributed by atoms with Crippen molar-refractivity contribution >= 4 is 26.7 Å². The predicted octanol–water partition coefficient (Wildman–Crippen LogP) is -0.151. The summed E-state index contributed by atoms with van der Waals surface area (Å²) in [6.45, 7) is -0.716. The van der Waals surface area contributed by atoms with Gasteiger partial charge in [-0.2, -0.15) is 10.2 Å². The molecule has 1 saturated carbocycles. The Labute approximate surface area is 193 Å². The van der Waals surface area contributed by atoms with E-state index in [0.717, 1.165) is 25.7 Å². The van der Waals surface area contributed by atoms with Crippen LogP contribution in [0.1, 0.15) is 43.3 Å². The van der Waals surface area contributed by atoms with Crippen LogP contribution in [-0.2, 0) is 18.4 Å². The normalized spacial score (nSPS) is 27.6. The van der Waals surface area contributed by atoms with E-state index in [1.54, 1.807) is 0 Å². The van der Waals surface area contributed by atoms with E-state index in [1.165, 1.54) is 10.7 Å². The maximum atomic E-state index is 11.9. The third-order valence-electron chi connectivity index (χ3n) is 5.64. The molecule has 0 bridgehead atoms. The van der Waals surface area contributed by atoms with Crippen LogP contribution in [0.25, 0.3) is 5.65 Å². The van der Waals surface area contributed by atoms with Gasteiger partial charge in [0.2, 0.25) is 0 Å². The van der Waals surface area contributed by atoms with Crippen LogP contribution in [0, 0.1) is 11.3 Å². The van der Waals surface area contributed by atoms with Crippen molar-refractivity contribution in [2.75, 3.05) is 17.8 Å². The molecule has 1 saturated heterocycles. The van der Waals surface area contributed by atoms with Crippen LogP contribution in [0.5, 0.6) is 0 Å². The molecule has 5 atom stereocenters. The smallest absolute Gasteiger partial charge is 0.340 e. The maximum Gasteiger partial charge on any atom is 0.340 e. The van der Waals surface area contributed by atoms with Crippen molar-refractivity contribution < 1.29 is 43.3 Å². The van der Waals surface area contributed by atoms with Gasteiger partial charge in [0, 0.05) is 6.04 Å². The van der Waals surface area contributed by atoms with Crippen LogP contribution in [0.2, 0.25) is 0 Å². The number of imidazole rings is 1. The number of hydrogen-bond acceptors (Lipinski definition) is 11. The van der Waals surface area contributed by atoms with E-state index in [9.17, 15) is 29.5 Å². The van der Waals surface area contributed by atoms with Crippen molar-refractivity contribution in [3.05, 3.63) is 17.7 Å². The monoisotopic (exact) mass is 518 g/mol. The first-order chi connectivity index (χ1) is 16.0. The van der Waals surface area contributed by atoms with Gasteiger partial charge < -0.3 is 39.5 Å². The molecule has 15 nitrogen and oxygen atoms in total. The van der Waals surface area contributed by atoms with Gasteiger partial charge in [0.1, 0.15) is 30.5 Å². The van der Waals surface area contributed by atoms with Crippen LogP contribution in [-0.4, -0.2) is 81.3 Å². The third-order valence-corrected chi connectivity index (χ3v) is 9.10. The summed E-state index contributed by atoms with van der Waals surface area (Å²) < 4.78 is 34.5. The summed E-state index contributed by atoms with van der Waals surface area (Å²) >= 11 is 0. The number of rotatable bonds is 8. The number of nitrogens with zero attached hydrogens (tertiary/aromatic N) is 5. The Hall–Kier alpha value is -1.98. The fourth-order valence-corrected chi connectivity index (χ4v) is 6.66. The summed E-state index contributed by atoms with van der Waals surface area (Å²) in [5, 5.41) is 37.7. The number of nitriles is 1. The second kappa shape index (κ2) is 9.58. The summed E-state index contributed by atoms with van der Waals surface area (Å²) in [5.74, 6) is -1.21. The van der Waals surface area contributed by atoms with Gasteiger partial charge in [-0.1, -0.05) is 12.8 Å². The molecule has 3 heterocycles. The van der Waals surface area contributed by atoms with Gasteiger partial charge in [-0.05, 0) is 12.8 Å². The highest BCUT2D eigenvalue weighted by Gasteiger charge is 2.46. The number of aliphatic hydroxyl groups excluding tert-OH is 2. The molecule has 2 aromatic rings. The van der Waals surface area contributed by atoms with Crippen molar-refractivity contribution in [1.29, 1.82) is 5.26 Å². The largest absolute Gasteiger partial charge is 0.387 e. The lowest BCUT2D eigenvalue weighted by Gasteiger charge is -2.18. The number of hydrogen-bond donors (Lipinski definition) is 6. The molecule has 2 aromatic heterocycles. The Bertz CT molecular complexity index is 1190. The zero-order valence-corrected chi connectivity index (χ0v) is 19.5. The minimum Gasteiger partial charge on any atom is -0.387 e. The van der Waals surface area contributed by atoms with E-state index in [1.807, 2.05) is 6.07 Å². The Morgan fingerprint density at radius 2 is 1.94 bits per heavy atom. The van der Waals surface area contributed by atoms with E-state index in [2.05, 4.69) is 20.4 Å². The van der Waals surface area contributed by atoms with Gasteiger partial charge in [0.25, 0.3) is 5.82 Å². The van der Waals surface area contributed by atoms with E-state index in [4.69, 9.17) is 19.0 Å². The number of anilines is 1. The standard InChI is InChI=1S/C17H24N6O9P2/c18-5-12-21-16(20-9-3-1-2-4-9)17-19-6-10(23(17)22-12)15-14(25)13(24)11(32-15)7-31-34(29,30)8-33(26,27)28/h6,9,11,13-15,24-25H,1-4,7-8H2,(H,29,30)(H,20,21,22)(H2,26,27,28)/t11-,13-,14-,15+/m1/s1. The van der Waals surface area contributed by atoms with Crippen molar-refractivity contribution in [2.24, 2.45) is 0 Å². The molecule has 1 unspecified atom stereocenters. The zero-order chi connectivity index (χ0) is 24.7. The molecule has 2 aliphatic rings. The molecule has 1 aliphatic carbocycles. The minimum atomic E-state index is -4.83. The molecule has 17 heteroatoms. The predicted molar refractivity (Wildman–Crippen MR) is 114 cm³/mol. The second-order valence-corrected chi connectivity index (χ2v) is 12.2. The van der Waals surface area contributed by atoms with Crippen molar-refractivity contribution in [3.63, 3.8) is 0 Å². The van der Waals surface area contributed by atoms with Gasteiger partial charge in [-0.3, -0.25) is 9.13 Å². The molecule has 186 valence electrons. The zero-order valence-electron chi connectivity index (χ0n) is 17.7. The fraction of sp³-hybridized carbons (Fsp3) is 0.647. The summed E-state index contributed by atoms with van der Waals surface area (Å²) in [4.78, 5) is 35.9. The summed E-state index contributed by atoms with van der Waals surface area (Å²) in [6, 6.07) is 2.04. The van der Waals surface area contributed by atoms with E-state index in [0.29, 0.717) is 5.82 Å². The number of aromatic nitrogens is 4. The van der Waals surface area contributed by atoms with Gasteiger partial charge in [-0.25, -0.2) is 9.50 Å². The number of ether oxygens (including phenoxy) is 1. The summed E-state index contributed by atoms with van der Waals surface area (Å²) in [6.07, 6.45) is -0.180. The average Bonchev–Trinajstić information content (AvgIpc) is 3.46. The van der Waals surface area contributed by atoms with Crippen LogP contribution < -0.4 is 5.32 Å². The van der Waals surface area contributed by atoms with Gasteiger partial charge in [0.15, 0.2) is 17.4 Å². The average molecular weight is 518 g/mol. The lowest BCUT2D eigenvalue weighted by Crippen LogP contribution is -2.33. The summed E-state index contributed by atoms with van der Waals surface area (Å²) in [5.41, 5.74) is 0.479. The first-order valence-corrected chi connectivity index (χ1v) is 14.0. The highest BCUT2D eigenvalue weighted by Crippen LogP contribution is 2.55. The van der Waals surface area contributed by atoms with Crippen LogP contribution in [0.3, 0.4) is 0 Å². The Kier molecular flexibility index (Phi) is 7.08. The molecule has 6 N–H and O–H groups in total. The minimum absolute atomic E-state index is 0.154. The van der Waals surface area contributed by atoms with E-state index in [-0.39, 0.29) is 23.2 Å². The molecule has 1 aliphatic heterocycles. The molecular weight excluding hydrogens is 494 g/mol. The highest BCUT2D eigenvalue weighted by atomic mass is 31.2. The third kappa shape index (κ3) is 5.46. The fourth-order valence-electron chi connectivity index (χ4n) is 4.09. The highest BCUT2D eigenvalue weighted by molar-refractivity contribution is 7.70. The van der Waals surface area contributed by atoms with Gasteiger partial charge in [-0.15, -0.1) is 5.10 Å². The Morgan fingerprint density at radius 1 is 1.24 bits per heavy atom. The second-order valence-electron chi connectivity index (χ2n) is 8.26. The first kappa shape index (κ1) is 25.1. The molecule has 4 rings (SSSR count). The van der Waals surface area contributed by atoms with Gasteiger partial charge >= 0.3 is 15.2 Å². The van der Waals surface area contributed by atoms with Crippen LogP contribution in [0.4, 0.5) is 5.82 Å². The lowest BCUT2D eigenvalue weighted by atomic mass is 10.1. The van der Waals surface area contributed by atoms with E-state index < -0.39 is 52.1 Å². The number of fused-ring (bicyclic) bond motifs is 1. The number of nitrogens with one attached hydrogen (secondary N) is 1. The van der Waals surface area contributed by atoms with E-state index >= 15 is 0 Å². The van der Waals surface area contributed by atoms with Crippen LogP contribution in [0.15, 0.2) is 6.20 Å². The van der Waals surface area contributed by atoms with Gasteiger partial charge in [0.05, 0.1) is 18.5 Å². The molecule has 0 radical (unpaired) electrons. The first-order valence-electron chi connectivity index (χ1n) is 10.4. The Morgan fingerprint density at radius 3 is 2.59 bits per heavy atom. The maximum absolute atomic E-state index is 11.9. The Balaban J connectivity index is 1.56. The lowest BCUT2D eigenvalue weighted by molar-refractivity contribution is -0.0204. The quantitative estimate of drug-likeness (QED) is 0.250. The molecule has 34 heavy (non-hydrogen) atoms. The van der Waals surface area contributed by atoms with Crippen molar-refractivity contribution in [2.45, 2.75) is 56.1 Å². The van der Waals surface area contributed by atoms with Crippen molar-refractivity contribution in [3.8, 4) is 6.07 Å². The summed E-state index contributed by atoms with van der Waals surface area (Å²) in [7, 11) is -9.51. The molecular formula is C17H24N6O9P2. The topological polar surface area (TPSA) is 233 Å². The molecule has 0 aromatic carbocycles. The van der Waals surface area contributed by atoms with Crippen LogP contribution >= 0.6 is 15.2 Å². The SMILES string of the molecule is N#Cc1nc(NC2CCCC2)c2ncc([C@@H]3O[C@H](COP(=O)(O)CP(=O)(O)O)[C@@H](O)[C@H]3O)n2n1. The molecule has 0 spiro atoms. The molecule has 0 amide bonds. The number of aliphatic hydroxyl groups is 2. The molecule has 2 fully saturated rings. The van der Waals surface area contributed by atoms with Crippen molar-refractivity contribution in [1.82, 2.24) is 19.6 Å².